The lowest BCUT2D eigenvalue weighted by Gasteiger charge is -2.22. The second-order valence-corrected chi connectivity index (χ2v) is 9.77. The Balaban J connectivity index is 1.82. The fraction of sp³-hybridized carbons (Fsp3) is 0.0952. The van der Waals surface area contributed by atoms with E-state index in [0.29, 0.717) is 16.9 Å². The van der Waals surface area contributed by atoms with Gasteiger partial charge < -0.3 is 5.32 Å². The molecule has 3 aromatic carbocycles. The fourth-order valence-corrected chi connectivity index (χ4v) is 4.23. The SMILES string of the molecule is CS(=O)(=O)N(Cc1ccc(F)cc1)c1ccc(C(=O)Nc2cc(Cl)c(Cl)cc2Cl)cc1. The van der Waals surface area contributed by atoms with Gasteiger partial charge in [0.05, 0.1) is 39.2 Å². The molecular formula is C21H16Cl3FN2O3S. The van der Waals surface area contributed by atoms with Gasteiger partial charge in [-0.3, -0.25) is 9.10 Å². The third kappa shape index (κ3) is 5.89. The van der Waals surface area contributed by atoms with E-state index in [0.717, 1.165) is 10.6 Å². The molecule has 0 spiro atoms. The predicted octanol–water partition coefficient (Wildman–Crippen LogP) is 6.00. The molecule has 0 unspecified atom stereocenters. The highest BCUT2D eigenvalue weighted by Gasteiger charge is 2.19. The molecule has 0 heterocycles. The number of hydrogen-bond donors (Lipinski definition) is 1. The van der Waals surface area contributed by atoms with E-state index in [1.165, 1.54) is 60.7 Å². The van der Waals surface area contributed by atoms with Crippen molar-refractivity contribution in [3.05, 3.63) is 92.7 Å². The van der Waals surface area contributed by atoms with E-state index < -0.39 is 21.7 Å². The molecule has 0 saturated heterocycles. The van der Waals surface area contributed by atoms with Crippen LogP contribution >= 0.6 is 34.8 Å². The summed E-state index contributed by atoms with van der Waals surface area (Å²) in [7, 11) is -3.63. The average Bonchev–Trinajstić information content (AvgIpc) is 2.71. The Hall–Kier alpha value is -2.32. The van der Waals surface area contributed by atoms with E-state index in [4.69, 9.17) is 34.8 Å². The zero-order valence-electron chi connectivity index (χ0n) is 16.1. The molecule has 0 fully saturated rings. The lowest BCUT2D eigenvalue weighted by molar-refractivity contribution is 0.102. The molecule has 0 saturated carbocycles. The lowest BCUT2D eigenvalue weighted by Crippen LogP contribution is -2.29. The molecule has 31 heavy (non-hydrogen) atoms. The maximum atomic E-state index is 13.1. The summed E-state index contributed by atoms with van der Waals surface area (Å²) in [6.07, 6.45) is 1.07. The molecule has 1 amide bonds. The van der Waals surface area contributed by atoms with Gasteiger partial charge in [0.25, 0.3) is 5.91 Å². The highest BCUT2D eigenvalue weighted by atomic mass is 35.5. The van der Waals surface area contributed by atoms with Crippen molar-refractivity contribution in [3.63, 3.8) is 0 Å². The quantitative estimate of drug-likeness (QED) is 0.421. The number of rotatable bonds is 6. The van der Waals surface area contributed by atoms with Crippen molar-refractivity contribution in [2.45, 2.75) is 6.54 Å². The predicted molar refractivity (Wildman–Crippen MR) is 123 cm³/mol. The molecule has 1 N–H and O–H groups in total. The molecule has 5 nitrogen and oxygen atoms in total. The zero-order chi connectivity index (χ0) is 22.8. The Labute approximate surface area is 194 Å². The summed E-state index contributed by atoms with van der Waals surface area (Å²) in [4.78, 5) is 12.6. The van der Waals surface area contributed by atoms with Crippen molar-refractivity contribution in [2.75, 3.05) is 15.9 Å². The van der Waals surface area contributed by atoms with Crippen LogP contribution in [0.5, 0.6) is 0 Å². The standard InChI is InChI=1S/C21H16Cl3FN2O3S/c1-31(29,30)27(12-13-2-6-15(25)7-3-13)16-8-4-14(5-9-16)21(28)26-20-11-18(23)17(22)10-19(20)24/h2-11H,12H2,1H3,(H,26,28). The molecule has 162 valence electrons. The van der Waals surface area contributed by atoms with Crippen LogP contribution in [0.15, 0.2) is 60.7 Å². The minimum Gasteiger partial charge on any atom is -0.321 e. The molecule has 0 aromatic heterocycles. The number of amides is 1. The Morgan fingerprint density at radius 2 is 1.52 bits per heavy atom. The van der Waals surface area contributed by atoms with Gasteiger partial charge in [0.15, 0.2) is 0 Å². The van der Waals surface area contributed by atoms with Crippen molar-refractivity contribution < 1.29 is 17.6 Å². The van der Waals surface area contributed by atoms with Gasteiger partial charge in [0.1, 0.15) is 5.82 Å². The molecule has 0 radical (unpaired) electrons. The van der Waals surface area contributed by atoms with Crippen LogP contribution in [0.1, 0.15) is 15.9 Å². The molecule has 0 aliphatic heterocycles. The van der Waals surface area contributed by atoms with Crippen LogP contribution in [-0.2, 0) is 16.6 Å². The van der Waals surface area contributed by atoms with E-state index >= 15 is 0 Å². The summed E-state index contributed by atoms with van der Waals surface area (Å²) in [5.74, 6) is -0.872. The van der Waals surface area contributed by atoms with Gasteiger partial charge in [0.2, 0.25) is 10.0 Å². The van der Waals surface area contributed by atoms with Gasteiger partial charge in [0, 0.05) is 5.56 Å². The molecule has 0 bridgehead atoms. The Bertz CT molecular complexity index is 1220. The average molecular weight is 502 g/mol. The van der Waals surface area contributed by atoms with E-state index in [1.54, 1.807) is 0 Å². The highest BCUT2D eigenvalue weighted by Crippen LogP contribution is 2.32. The maximum Gasteiger partial charge on any atom is 0.255 e. The van der Waals surface area contributed by atoms with E-state index in [-0.39, 0.29) is 27.2 Å². The number of sulfonamides is 1. The van der Waals surface area contributed by atoms with Gasteiger partial charge in [-0.1, -0.05) is 46.9 Å². The monoisotopic (exact) mass is 500 g/mol. The molecule has 0 aliphatic rings. The number of anilines is 2. The highest BCUT2D eigenvalue weighted by molar-refractivity contribution is 7.92. The molecule has 10 heteroatoms. The number of hydrogen-bond acceptors (Lipinski definition) is 3. The van der Waals surface area contributed by atoms with Crippen LogP contribution < -0.4 is 9.62 Å². The first-order valence-corrected chi connectivity index (χ1v) is 11.8. The first kappa shape index (κ1) is 23.3. The smallest absolute Gasteiger partial charge is 0.255 e. The van der Waals surface area contributed by atoms with Crippen molar-refractivity contribution in [1.29, 1.82) is 0 Å². The van der Waals surface area contributed by atoms with E-state index in [1.807, 2.05) is 0 Å². The number of benzene rings is 3. The van der Waals surface area contributed by atoms with Gasteiger partial charge >= 0.3 is 0 Å². The van der Waals surface area contributed by atoms with Gasteiger partial charge in [-0.05, 0) is 54.1 Å². The summed E-state index contributed by atoms with van der Waals surface area (Å²) in [6, 6.07) is 14.4. The van der Waals surface area contributed by atoms with Crippen LogP contribution in [0.2, 0.25) is 15.1 Å². The Morgan fingerprint density at radius 1 is 0.935 bits per heavy atom. The normalized spacial score (nSPS) is 11.3. The van der Waals surface area contributed by atoms with Crippen molar-refractivity contribution >= 4 is 62.1 Å². The van der Waals surface area contributed by atoms with Crippen molar-refractivity contribution in [1.82, 2.24) is 0 Å². The summed E-state index contributed by atoms with van der Waals surface area (Å²) in [6.45, 7) is 0.0174. The number of halogens is 4. The summed E-state index contributed by atoms with van der Waals surface area (Å²) in [5.41, 5.74) is 1.54. The maximum absolute atomic E-state index is 13.1. The molecular weight excluding hydrogens is 486 g/mol. The zero-order valence-corrected chi connectivity index (χ0v) is 19.2. The molecule has 0 aliphatic carbocycles. The third-order valence-electron chi connectivity index (χ3n) is 4.32. The van der Waals surface area contributed by atoms with E-state index in [9.17, 15) is 17.6 Å². The minimum atomic E-state index is -3.63. The van der Waals surface area contributed by atoms with Gasteiger partial charge in [-0.15, -0.1) is 0 Å². The van der Waals surface area contributed by atoms with Crippen molar-refractivity contribution in [2.24, 2.45) is 0 Å². The number of nitrogens with one attached hydrogen (secondary N) is 1. The molecule has 3 aromatic rings. The second-order valence-electron chi connectivity index (χ2n) is 6.64. The minimum absolute atomic E-state index is 0.0174. The van der Waals surface area contributed by atoms with Crippen LogP contribution in [0.4, 0.5) is 15.8 Å². The third-order valence-corrected chi connectivity index (χ3v) is 6.49. The Morgan fingerprint density at radius 3 is 2.10 bits per heavy atom. The lowest BCUT2D eigenvalue weighted by atomic mass is 10.1. The first-order valence-electron chi connectivity index (χ1n) is 8.83. The van der Waals surface area contributed by atoms with Gasteiger partial charge in [-0.2, -0.15) is 0 Å². The summed E-state index contributed by atoms with van der Waals surface area (Å²) < 4.78 is 38.9. The number of carbonyl (C=O) groups excluding carboxylic acids is 1. The van der Waals surface area contributed by atoms with Crippen molar-refractivity contribution in [3.8, 4) is 0 Å². The van der Waals surface area contributed by atoms with Crippen LogP contribution in [0, 0.1) is 5.82 Å². The fourth-order valence-electron chi connectivity index (χ4n) is 2.75. The van der Waals surface area contributed by atoms with Crippen LogP contribution in [0.25, 0.3) is 0 Å². The Kier molecular flexibility index (Phi) is 7.11. The first-order chi connectivity index (χ1) is 14.5. The van der Waals surface area contributed by atoms with E-state index in [2.05, 4.69) is 5.32 Å². The topological polar surface area (TPSA) is 66.5 Å². The number of carbonyl (C=O) groups is 1. The number of nitrogens with zero attached hydrogens (tertiary/aromatic N) is 1. The summed E-state index contributed by atoms with van der Waals surface area (Å²) >= 11 is 17.9. The van der Waals surface area contributed by atoms with Crippen LogP contribution in [0.3, 0.4) is 0 Å². The second kappa shape index (κ2) is 9.44. The van der Waals surface area contributed by atoms with Gasteiger partial charge in [-0.25, -0.2) is 12.8 Å². The molecule has 3 rings (SSSR count). The largest absolute Gasteiger partial charge is 0.321 e. The summed E-state index contributed by atoms with van der Waals surface area (Å²) in [5, 5.41) is 3.36. The van der Waals surface area contributed by atoms with Crippen LogP contribution in [-0.4, -0.2) is 20.6 Å². The molecule has 0 atom stereocenters.